The molecule has 2 rings (SSSR count). The fraction of sp³-hybridized carbons (Fsp3) is 0.500. The minimum Gasteiger partial charge on any atom is -0.346 e. The highest BCUT2D eigenvalue weighted by Crippen LogP contribution is 2.22. The Bertz CT molecular complexity index is 724. The van der Waals surface area contributed by atoms with Gasteiger partial charge in [0, 0.05) is 30.2 Å². The molecule has 116 valence electrons. The molecule has 1 aromatic heterocycles. The van der Waals surface area contributed by atoms with Gasteiger partial charge >= 0.3 is 0 Å². The lowest BCUT2D eigenvalue weighted by Gasteiger charge is -2.19. The number of aromatic nitrogens is 1. The molecule has 0 atom stereocenters. The maximum atomic E-state index is 12.2. The van der Waals surface area contributed by atoms with Gasteiger partial charge in [0.1, 0.15) is 0 Å². The number of rotatable bonds is 5. The van der Waals surface area contributed by atoms with Gasteiger partial charge in [0.2, 0.25) is 0 Å². The number of sulfone groups is 1. The molecular formula is C16H24N2O2S. The number of nitrogens with one attached hydrogen (secondary N) is 1. The summed E-state index contributed by atoms with van der Waals surface area (Å²) in [6, 6.07) is 8.21. The first-order chi connectivity index (χ1) is 9.76. The van der Waals surface area contributed by atoms with Crippen molar-refractivity contribution in [3.05, 3.63) is 36.0 Å². The van der Waals surface area contributed by atoms with Crippen molar-refractivity contribution in [1.82, 2.24) is 9.88 Å². The molecular weight excluding hydrogens is 284 g/mol. The summed E-state index contributed by atoms with van der Waals surface area (Å²) in [6.45, 7) is 6.55. The van der Waals surface area contributed by atoms with E-state index in [0.717, 1.165) is 12.1 Å². The quantitative estimate of drug-likeness (QED) is 0.923. The third-order valence-corrected chi connectivity index (χ3v) is 6.39. The van der Waals surface area contributed by atoms with E-state index < -0.39 is 14.6 Å². The van der Waals surface area contributed by atoms with Crippen LogP contribution in [0.4, 0.5) is 0 Å². The Morgan fingerprint density at radius 1 is 1.19 bits per heavy atom. The van der Waals surface area contributed by atoms with Gasteiger partial charge in [0.25, 0.3) is 0 Å². The second kappa shape index (κ2) is 5.81. The minimum atomic E-state index is -3.10. The summed E-state index contributed by atoms with van der Waals surface area (Å²) >= 11 is 0. The largest absolute Gasteiger partial charge is 0.346 e. The summed E-state index contributed by atoms with van der Waals surface area (Å²) in [7, 11) is -1.17. The molecule has 0 saturated heterocycles. The lowest BCUT2D eigenvalue weighted by atomic mass is 10.1. The van der Waals surface area contributed by atoms with Crippen molar-refractivity contribution in [2.24, 2.45) is 0 Å². The van der Waals surface area contributed by atoms with Crippen LogP contribution in [0.2, 0.25) is 0 Å². The summed E-state index contributed by atoms with van der Waals surface area (Å²) in [5.74, 6) is 0.163. The minimum absolute atomic E-state index is 0.163. The molecule has 0 unspecified atom stereocenters. The van der Waals surface area contributed by atoms with E-state index in [0.29, 0.717) is 6.54 Å². The van der Waals surface area contributed by atoms with Gasteiger partial charge in [-0.2, -0.15) is 0 Å². The zero-order chi connectivity index (χ0) is 15.7. The zero-order valence-corrected chi connectivity index (χ0v) is 14.0. The molecule has 4 nitrogen and oxygen atoms in total. The topological polar surface area (TPSA) is 51.1 Å². The van der Waals surface area contributed by atoms with E-state index in [4.69, 9.17) is 0 Å². The van der Waals surface area contributed by atoms with Crippen LogP contribution in [-0.4, -0.2) is 30.5 Å². The highest BCUT2D eigenvalue weighted by atomic mass is 32.2. The molecule has 0 aliphatic rings. The summed E-state index contributed by atoms with van der Waals surface area (Å²) in [4.78, 5) is 0. The van der Waals surface area contributed by atoms with Crippen LogP contribution in [0.3, 0.4) is 0 Å². The van der Waals surface area contributed by atoms with Gasteiger partial charge in [-0.25, -0.2) is 8.42 Å². The molecule has 2 aromatic rings. The number of nitrogens with zero attached hydrogens (tertiary/aromatic N) is 1. The molecule has 0 amide bonds. The maximum absolute atomic E-state index is 12.2. The normalized spacial score (nSPS) is 13.0. The van der Waals surface area contributed by atoms with Gasteiger partial charge in [-0.1, -0.05) is 12.1 Å². The Hall–Kier alpha value is -1.33. The molecule has 0 fully saturated rings. The number of aryl methyl sites for hydroxylation is 1. The van der Waals surface area contributed by atoms with Crippen molar-refractivity contribution in [3.8, 4) is 0 Å². The Balaban J connectivity index is 2.27. The van der Waals surface area contributed by atoms with Crippen molar-refractivity contribution in [1.29, 1.82) is 0 Å². The van der Waals surface area contributed by atoms with E-state index in [9.17, 15) is 8.42 Å². The fourth-order valence-corrected chi connectivity index (χ4v) is 3.40. The van der Waals surface area contributed by atoms with Crippen molar-refractivity contribution in [2.75, 3.05) is 12.8 Å². The summed E-state index contributed by atoms with van der Waals surface area (Å²) in [5, 5.41) is 4.34. The predicted octanol–water partition coefficient (Wildman–Crippen LogP) is 2.57. The van der Waals surface area contributed by atoms with E-state index in [1.54, 1.807) is 20.8 Å². The van der Waals surface area contributed by atoms with Gasteiger partial charge < -0.3 is 9.88 Å². The number of hydrogen-bond donors (Lipinski definition) is 1. The number of hydrogen-bond acceptors (Lipinski definition) is 3. The summed E-state index contributed by atoms with van der Waals surface area (Å²) in [5.41, 5.74) is 2.32. The van der Waals surface area contributed by atoms with Crippen molar-refractivity contribution >= 4 is 20.7 Å². The molecule has 21 heavy (non-hydrogen) atoms. The smallest absolute Gasteiger partial charge is 0.156 e. The first kappa shape index (κ1) is 16.0. The average molecular weight is 308 g/mol. The van der Waals surface area contributed by atoms with Crippen LogP contribution in [0, 0.1) is 0 Å². The van der Waals surface area contributed by atoms with E-state index in [1.165, 1.54) is 10.9 Å². The molecule has 5 heteroatoms. The third kappa shape index (κ3) is 3.30. The first-order valence-electron chi connectivity index (χ1n) is 7.20. The highest BCUT2D eigenvalue weighted by molar-refractivity contribution is 7.92. The Morgan fingerprint density at radius 3 is 2.52 bits per heavy atom. The standard InChI is InChI=1S/C16H24N2O2S/c1-16(2,3)21(19,20)11-10-18-9-8-14-13(12-17-4)6-5-7-15(14)18/h5-9,17H,10-12H2,1-4H3. The van der Waals surface area contributed by atoms with Crippen LogP contribution in [0.1, 0.15) is 26.3 Å². The van der Waals surface area contributed by atoms with Gasteiger partial charge in [-0.15, -0.1) is 0 Å². The molecule has 1 heterocycles. The number of fused-ring (bicyclic) bond motifs is 1. The van der Waals surface area contributed by atoms with Crippen LogP contribution in [0.5, 0.6) is 0 Å². The van der Waals surface area contributed by atoms with E-state index in [-0.39, 0.29) is 5.75 Å². The Morgan fingerprint density at radius 2 is 1.90 bits per heavy atom. The van der Waals surface area contributed by atoms with Crippen LogP contribution in [0.25, 0.3) is 10.9 Å². The van der Waals surface area contributed by atoms with Gasteiger partial charge in [0.05, 0.1) is 10.5 Å². The van der Waals surface area contributed by atoms with Gasteiger partial charge in [-0.05, 0) is 45.5 Å². The molecule has 1 N–H and O–H groups in total. The molecule has 0 bridgehead atoms. The highest BCUT2D eigenvalue weighted by Gasteiger charge is 2.28. The average Bonchev–Trinajstić information content (AvgIpc) is 2.80. The van der Waals surface area contributed by atoms with Gasteiger partial charge in [0.15, 0.2) is 9.84 Å². The van der Waals surface area contributed by atoms with Crippen molar-refractivity contribution < 1.29 is 8.42 Å². The van der Waals surface area contributed by atoms with Crippen LogP contribution < -0.4 is 5.32 Å². The molecule has 0 saturated carbocycles. The molecule has 0 spiro atoms. The fourth-order valence-electron chi connectivity index (χ4n) is 2.35. The molecule has 1 aromatic carbocycles. The number of benzene rings is 1. The monoisotopic (exact) mass is 308 g/mol. The zero-order valence-electron chi connectivity index (χ0n) is 13.2. The summed E-state index contributed by atoms with van der Waals surface area (Å²) < 4.78 is 25.8. The van der Waals surface area contributed by atoms with E-state index >= 15 is 0 Å². The van der Waals surface area contributed by atoms with E-state index in [1.807, 2.05) is 29.9 Å². The lowest BCUT2D eigenvalue weighted by molar-refractivity contribution is 0.555. The lowest BCUT2D eigenvalue weighted by Crippen LogP contribution is -2.31. The predicted molar refractivity (Wildman–Crippen MR) is 88.2 cm³/mol. The molecule has 0 aliphatic heterocycles. The van der Waals surface area contributed by atoms with Crippen LogP contribution in [-0.2, 0) is 22.9 Å². The molecule has 0 radical (unpaired) electrons. The van der Waals surface area contributed by atoms with Crippen molar-refractivity contribution in [2.45, 2.75) is 38.6 Å². The van der Waals surface area contributed by atoms with E-state index in [2.05, 4.69) is 17.4 Å². The Kier molecular flexibility index (Phi) is 4.44. The van der Waals surface area contributed by atoms with Gasteiger partial charge in [-0.3, -0.25) is 0 Å². The van der Waals surface area contributed by atoms with Crippen molar-refractivity contribution in [3.63, 3.8) is 0 Å². The first-order valence-corrected chi connectivity index (χ1v) is 8.85. The van der Waals surface area contributed by atoms with Crippen LogP contribution >= 0.6 is 0 Å². The second-order valence-electron chi connectivity index (χ2n) is 6.32. The third-order valence-electron chi connectivity index (χ3n) is 3.81. The molecule has 0 aliphatic carbocycles. The van der Waals surface area contributed by atoms with Crippen LogP contribution in [0.15, 0.2) is 30.5 Å². The SMILES string of the molecule is CNCc1cccc2c1ccn2CCS(=O)(=O)C(C)(C)C. The summed E-state index contributed by atoms with van der Waals surface area (Å²) in [6.07, 6.45) is 1.97. The second-order valence-corrected chi connectivity index (χ2v) is 9.18. The Labute approximate surface area is 127 Å². The maximum Gasteiger partial charge on any atom is 0.156 e.